The molecule has 0 aliphatic rings. The molecule has 2 rings (SSSR count). The second-order valence-corrected chi connectivity index (χ2v) is 3.28. The molecule has 3 nitrogen and oxygen atoms in total. The third-order valence-corrected chi connectivity index (χ3v) is 2.19. The highest BCUT2D eigenvalue weighted by Gasteiger charge is 2.03. The summed E-state index contributed by atoms with van der Waals surface area (Å²) in [5.74, 6) is 0.0819. The minimum atomic E-state index is 0.0819. The van der Waals surface area contributed by atoms with Crippen molar-refractivity contribution in [2.24, 2.45) is 7.05 Å². The molecule has 1 aromatic heterocycles. The van der Waals surface area contributed by atoms with Gasteiger partial charge in [0.05, 0.1) is 0 Å². The smallest absolute Gasteiger partial charge is 0.230 e. The van der Waals surface area contributed by atoms with Crippen LogP contribution >= 0.6 is 0 Å². The first-order valence-corrected chi connectivity index (χ1v) is 4.51. The van der Waals surface area contributed by atoms with E-state index in [-0.39, 0.29) is 5.88 Å². The monoisotopic (exact) mass is 188 g/mol. The van der Waals surface area contributed by atoms with E-state index in [1.54, 1.807) is 10.7 Å². The van der Waals surface area contributed by atoms with E-state index in [0.29, 0.717) is 0 Å². The zero-order valence-corrected chi connectivity index (χ0v) is 8.01. The van der Waals surface area contributed by atoms with E-state index < -0.39 is 0 Å². The molecular weight excluding hydrogens is 176 g/mol. The highest BCUT2D eigenvalue weighted by molar-refractivity contribution is 5.24. The molecule has 0 amide bonds. The van der Waals surface area contributed by atoms with Gasteiger partial charge in [-0.2, -0.15) is 0 Å². The summed E-state index contributed by atoms with van der Waals surface area (Å²) in [5.41, 5.74) is 2.23. The van der Waals surface area contributed by atoms with Crippen molar-refractivity contribution in [3.8, 4) is 5.88 Å². The summed E-state index contributed by atoms with van der Waals surface area (Å²) in [6, 6.07) is 11.8. The molecule has 0 spiro atoms. The van der Waals surface area contributed by atoms with Gasteiger partial charge in [0, 0.05) is 25.2 Å². The first kappa shape index (κ1) is 8.81. The second-order valence-electron chi connectivity index (χ2n) is 3.28. The number of hydrogen-bond acceptors (Lipinski definition) is 2. The lowest BCUT2D eigenvalue weighted by Crippen LogP contribution is -1.98. The molecule has 0 unspecified atom stereocenters. The van der Waals surface area contributed by atoms with Crippen molar-refractivity contribution in [2.45, 2.75) is 6.42 Å². The summed E-state index contributed by atoms with van der Waals surface area (Å²) in [4.78, 5) is 0. The van der Waals surface area contributed by atoms with Crippen molar-refractivity contribution >= 4 is 0 Å². The zero-order valence-electron chi connectivity index (χ0n) is 8.01. The van der Waals surface area contributed by atoms with Crippen molar-refractivity contribution in [1.82, 2.24) is 9.78 Å². The van der Waals surface area contributed by atoms with Crippen LogP contribution in [0.2, 0.25) is 0 Å². The van der Waals surface area contributed by atoms with Gasteiger partial charge in [-0.25, -0.2) is 0 Å². The van der Waals surface area contributed by atoms with Crippen molar-refractivity contribution < 1.29 is 5.11 Å². The van der Waals surface area contributed by atoms with Gasteiger partial charge in [0.1, 0.15) is 0 Å². The van der Waals surface area contributed by atoms with Crippen LogP contribution in [0.3, 0.4) is 0 Å². The van der Waals surface area contributed by atoms with E-state index in [1.165, 1.54) is 5.56 Å². The summed E-state index contributed by atoms with van der Waals surface area (Å²) in [6.07, 6.45) is 0.797. The molecule has 1 aromatic carbocycles. The first-order chi connectivity index (χ1) is 6.75. The van der Waals surface area contributed by atoms with Crippen LogP contribution in [-0.2, 0) is 13.5 Å². The molecule has 0 fully saturated rings. The van der Waals surface area contributed by atoms with Crippen molar-refractivity contribution in [3.05, 3.63) is 47.7 Å². The number of nitrogens with zero attached hydrogens (tertiary/aromatic N) is 2. The first-order valence-electron chi connectivity index (χ1n) is 4.51. The Bertz CT molecular complexity index is 420. The minimum Gasteiger partial charge on any atom is -0.492 e. The van der Waals surface area contributed by atoms with Crippen LogP contribution in [0.15, 0.2) is 36.4 Å². The van der Waals surface area contributed by atoms with Crippen LogP contribution in [0, 0.1) is 0 Å². The fourth-order valence-electron chi connectivity index (χ4n) is 1.46. The Hall–Kier alpha value is -1.77. The molecule has 0 aliphatic carbocycles. The lowest BCUT2D eigenvalue weighted by molar-refractivity contribution is 0.444. The molecular formula is C11H12N2O. The standard InChI is InChI=1S/C11H12N2O/c1-13-10(8-11(14)12-13)7-9-5-3-2-4-6-9/h2-6,8H,7H2,1H3,(H,12,14). The van der Waals surface area contributed by atoms with Crippen LogP contribution in [0.4, 0.5) is 0 Å². The number of aryl methyl sites for hydroxylation is 1. The molecule has 3 heteroatoms. The van der Waals surface area contributed by atoms with E-state index in [4.69, 9.17) is 0 Å². The van der Waals surface area contributed by atoms with Gasteiger partial charge in [-0.3, -0.25) is 4.68 Å². The highest BCUT2D eigenvalue weighted by Crippen LogP contribution is 2.13. The predicted molar refractivity (Wildman–Crippen MR) is 54.1 cm³/mol. The van der Waals surface area contributed by atoms with E-state index in [0.717, 1.165) is 12.1 Å². The zero-order chi connectivity index (χ0) is 9.97. The van der Waals surface area contributed by atoms with Crippen LogP contribution in [0.1, 0.15) is 11.3 Å². The molecule has 0 saturated heterocycles. The largest absolute Gasteiger partial charge is 0.492 e. The third kappa shape index (κ3) is 1.76. The quantitative estimate of drug-likeness (QED) is 0.779. The van der Waals surface area contributed by atoms with E-state index >= 15 is 0 Å². The Kier molecular flexibility index (Phi) is 2.23. The normalized spacial score (nSPS) is 10.4. The Morgan fingerprint density at radius 2 is 2.00 bits per heavy atom. The molecule has 0 aliphatic heterocycles. The fraction of sp³-hybridized carbons (Fsp3) is 0.182. The van der Waals surface area contributed by atoms with Gasteiger partial charge in [0.15, 0.2) is 0 Å². The predicted octanol–water partition coefficient (Wildman–Crippen LogP) is 1.72. The molecule has 1 N–H and O–H groups in total. The minimum absolute atomic E-state index is 0.0819. The summed E-state index contributed by atoms with van der Waals surface area (Å²) in [5, 5.41) is 13.1. The maximum absolute atomic E-state index is 9.18. The van der Waals surface area contributed by atoms with E-state index in [2.05, 4.69) is 17.2 Å². The molecule has 1 heterocycles. The molecule has 14 heavy (non-hydrogen) atoms. The number of hydrogen-bond donors (Lipinski definition) is 1. The van der Waals surface area contributed by atoms with Crippen LogP contribution in [0.25, 0.3) is 0 Å². The van der Waals surface area contributed by atoms with Gasteiger partial charge in [-0.1, -0.05) is 30.3 Å². The highest BCUT2D eigenvalue weighted by atomic mass is 16.3. The Morgan fingerprint density at radius 1 is 1.29 bits per heavy atom. The van der Waals surface area contributed by atoms with Crippen molar-refractivity contribution in [1.29, 1.82) is 0 Å². The average Bonchev–Trinajstić information content (AvgIpc) is 2.47. The van der Waals surface area contributed by atoms with Gasteiger partial charge in [0.2, 0.25) is 5.88 Å². The lowest BCUT2D eigenvalue weighted by atomic mass is 10.1. The number of aromatic nitrogens is 2. The van der Waals surface area contributed by atoms with E-state index in [1.807, 2.05) is 25.2 Å². The lowest BCUT2D eigenvalue weighted by Gasteiger charge is -2.00. The molecule has 0 atom stereocenters. The van der Waals surface area contributed by atoms with Gasteiger partial charge < -0.3 is 5.11 Å². The Labute approximate surface area is 82.6 Å². The van der Waals surface area contributed by atoms with E-state index in [9.17, 15) is 5.11 Å². The summed E-state index contributed by atoms with van der Waals surface area (Å²) < 4.78 is 1.70. The SMILES string of the molecule is Cn1nc(O)cc1Cc1ccccc1. The molecule has 2 aromatic rings. The topological polar surface area (TPSA) is 38.0 Å². The van der Waals surface area contributed by atoms with Gasteiger partial charge >= 0.3 is 0 Å². The third-order valence-electron chi connectivity index (χ3n) is 2.19. The van der Waals surface area contributed by atoms with Gasteiger partial charge in [-0.15, -0.1) is 5.10 Å². The van der Waals surface area contributed by atoms with Crippen molar-refractivity contribution in [3.63, 3.8) is 0 Å². The van der Waals surface area contributed by atoms with Gasteiger partial charge in [-0.05, 0) is 5.56 Å². The fourth-order valence-corrected chi connectivity index (χ4v) is 1.46. The maximum atomic E-state index is 9.18. The average molecular weight is 188 g/mol. The molecule has 0 radical (unpaired) electrons. The molecule has 0 saturated carbocycles. The Balaban J connectivity index is 2.23. The van der Waals surface area contributed by atoms with Crippen LogP contribution in [-0.4, -0.2) is 14.9 Å². The molecule has 72 valence electrons. The number of benzene rings is 1. The van der Waals surface area contributed by atoms with Crippen LogP contribution < -0.4 is 0 Å². The second kappa shape index (κ2) is 3.54. The van der Waals surface area contributed by atoms with Crippen LogP contribution in [0.5, 0.6) is 5.88 Å². The summed E-state index contributed by atoms with van der Waals surface area (Å²) in [6.45, 7) is 0. The Morgan fingerprint density at radius 3 is 2.57 bits per heavy atom. The number of rotatable bonds is 2. The van der Waals surface area contributed by atoms with Gasteiger partial charge in [0.25, 0.3) is 0 Å². The number of aromatic hydroxyl groups is 1. The molecule has 0 bridgehead atoms. The maximum Gasteiger partial charge on any atom is 0.230 e. The van der Waals surface area contributed by atoms with Crippen molar-refractivity contribution in [2.75, 3.05) is 0 Å². The summed E-state index contributed by atoms with van der Waals surface area (Å²) >= 11 is 0. The summed E-state index contributed by atoms with van der Waals surface area (Å²) in [7, 11) is 1.83.